The normalized spacial score (nSPS) is 17.3. The van der Waals surface area contributed by atoms with Crippen LogP contribution in [0.4, 0.5) is 0 Å². The van der Waals surface area contributed by atoms with Gasteiger partial charge in [-0.2, -0.15) is 8.61 Å². The first kappa shape index (κ1) is 30.3. The van der Waals surface area contributed by atoms with Gasteiger partial charge in [0, 0.05) is 32.6 Å². The molecule has 2 heterocycles. The van der Waals surface area contributed by atoms with E-state index < -0.39 is 20.0 Å². The van der Waals surface area contributed by atoms with Gasteiger partial charge < -0.3 is 14.8 Å². The Bertz CT molecular complexity index is 1350. The number of sulfonamides is 2. The van der Waals surface area contributed by atoms with E-state index in [0.29, 0.717) is 49.7 Å². The molecule has 0 radical (unpaired) electrons. The van der Waals surface area contributed by atoms with Crippen molar-refractivity contribution in [3.05, 3.63) is 48.0 Å². The molecule has 0 atom stereocenters. The zero-order chi connectivity index (χ0) is 28.6. The van der Waals surface area contributed by atoms with Crippen molar-refractivity contribution in [1.29, 1.82) is 0 Å². The molecule has 2 saturated heterocycles. The summed E-state index contributed by atoms with van der Waals surface area (Å²) in [6.07, 6.45) is 6.06. The molecule has 1 N–H and O–H groups in total. The van der Waals surface area contributed by atoms with Gasteiger partial charge in [-0.1, -0.05) is 12.8 Å². The van der Waals surface area contributed by atoms with Crippen LogP contribution in [0.2, 0.25) is 0 Å². The number of carbonyl (C=O) groups excluding carboxylic acids is 1. The minimum Gasteiger partial charge on any atom is -0.496 e. The number of amides is 1. The smallest absolute Gasteiger partial charge is 0.243 e. The summed E-state index contributed by atoms with van der Waals surface area (Å²) in [7, 11) is -5.56. The topological polar surface area (TPSA) is 122 Å². The lowest BCUT2D eigenvalue weighted by Gasteiger charge is -2.26. The fraction of sp³-hybridized carbons (Fsp3) is 0.536. The fourth-order valence-corrected chi connectivity index (χ4v) is 8.11. The van der Waals surface area contributed by atoms with Crippen LogP contribution in [-0.4, -0.2) is 77.8 Å². The number of ether oxygens (including phenoxy) is 2. The molecular formula is C28H39N3O7S2. The van der Waals surface area contributed by atoms with E-state index in [9.17, 15) is 21.6 Å². The van der Waals surface area contributed by atoms with Crippen LogP contribution >= 0.6 is 0 Å². The predicted molar refractivity (Wildman–Crippen MR) is 151 cm³/mol. The van der Waals surface area contributed by atoms with Crippen LogP contribution in [0, 0.1) is 0 Å². The molecule has 0 bridgehead atoms. The van der Waals surface area contributed by atoms with Crippen LogP contribution in [0.1, 0.15) is 50.5 Å². The van der Waals surface area contributed by atoms with E-state index in [2.05, 4.69) is 5.32 Å². The second kappa shape index (κ2) is 13.8. The highest BCUT2D eigenvalue weighted by molar-refractivity contribution is 7.89. The summed E-state index contributed by atoms with van der Waals surface area (Å²) in [4.78, 5) is 12.9. The van der Waals surface area contributed by atoms with Gasteiger partial charge in [-0.25, -0.2) is 16.8 Å². The average molecular weight is 594 g/mol. The molecule has 2 aromatic rings. The Hall–Kier alpha value is -2.67. The molecule has 1 amide bonds. The summed E-state index contributed by atoms with van der Waals surface area (Å²) in [5.41, 5.74) is 0.659. The summed E-state index contributed by atoms with van der Waals surface area (Å²) < 4.78 is 65.8. The van der Waals surface area contributed by atoms with Crippen LogP contribution in [-0.2, 0) is 31.3 Å². The number of methoxy groups -OCH3 is 1. The Morgan fingerprint density at radius 2 is 1.35 bits per heavy atom. The van der Waals surface area contributed by atoms with Crippen molar-refractivity contribution in [3.8, 4) is 11.5 Å². The summed E-state index contributed by atoms with van der Waals surface area (Å²) in [6.45, 7) is 2.64. The number of nitrogens with zero attached hydrogens (tertiary/aromatic N) is 2. The molecule has 2 fully saturated rings. The molecule has 4 rings (SSSR count). The maximum atomic E-state index is 13.1. The quantitative estimate of drug-likeness (QED) is 0.375. The summed E-state index contributed by atoms with van der Waals surface area (Å²) in [6, 6.07) is 11.1. The van der Waals surface area contributed by atoms with Gasteiger partial charge in [-0.05, 0) is 80.1 Å². The predicted octanol–water partition coefficient (Wildman–Crippen LogP) is 3.17. The highest BCUT2D eigenvalue weighted by Crippen LogP contribution is 2.27. The summed E-state index contributed by atoms with van der Waals surface area (Å²) in [5, 5.41) is 2.80. The maximum Gasteiger partial charge on any atom is 0.243 e. The maximum absolute atomic E-state index is 13.1. The Kier molecular flexibility index (Phi) is 10.4. The first-order valence-electron chi connectivity index (χ1n) is 13.9. The van der Waals surface area contributed by atoms with Gasteiger partial charge >= 0.3 is 0 Å². The third-order valence-corrected chi connectivity index (χ3v) is 11.1. The number of hydrogen-bond acceptors (Lipinski definition) is 7. The van der Waals surface area contributed by atoms with Gasteiger partial charge in [0.1, 0.15) is 18.1 Å². The molecule has 220 valence electrons. The van der Waals surface area contributed by atoms with Crippen molar-refractivity contribution >= 4 is 26.0 Å². The molecular weight excluding hydrogens is 554 g/mol. The van der Waals surface area contributed by atoms with Crippen LogP contribution in [0.5, 0.6) is 11.5 Å². The van der Waals surface area contributed by atoms with E-state index in [1.165, 1.54) is 15.7 Å². The minimum absolute atomic E-state index is 0.159. The molecule has 12 heteroatoms. The number of rotatable bonds is 12. The number of aryl methyl sites for hydroxylation is 1. The van der Waals surface area contributed by atoms with Gasteiger partial charge in [0.15, 0.2) is 0 Å². The monoisotopic (exact) mass is 593 g/mol. The van der Waals surface area contributed by atoms with Crippen LogP contribution in [0.15, 0.2) is 52.3 Å². The zero-order valence-corrected chi connectivity index (χ0v) is 24.6. The van der Waals surface area contributed by atoms with Crippen molar-refractivity contribution in [2.24, 2.45) is 0 Å². The van der Waals surface area contributed by atoms with Gasteiger partial charge in [0.05, 0.1) is 23.4 Å². The summed E-state index contributed by atoms with van der Waals surface area (Å²) >= 11 is 0. The van der Waals surface area contributed by atoms with Crippen molar-refractivity contribution in [1.82, 2.24) is 13.9 Å². The Morgan fingerprint density at radius 1 is 0.800 bits per heavy atom. The molecule has 0 aliphatic carbocycles. The molecule has 2 aromatic carbocycles. The Balaban J connectivity index is 1.24. The third-order valence-electron chi connectivity index (χ3n) is 7.30. The number of nitrogens with one attached hydrogen (secondary N) is 1. The lowest BCUT2D eigenvalue weighted by Crippen LogP contribution is -2.35. The number of hydrogen-bond donors (Lipinski definition) is 1. The molecule has 0 saturated carbocycles. The third kappa shape index (κ3) is 7.54. The van der Waals surface area contributed by atoms with E-state index in [1.807, 2.05) is 0 Å². The van der Waals surface area contributed by atoms with Crippen LogP contribution in [0.3, 0.4) is 0 Å². The lowest BCUT2D eigenvalue weighted by molar-refractivity contribution is -0.121. The molecule has 0 unspecified atom stereocenters. The summed E-state index contributed by atoms with van der Waals surface area (Å²) in [5.74, 6) is 0.862. The van der Waals surface area contributed by atoms with Crippen LogP contribution < -0.4 is 14.8 Å². The van der Waals surface area contributed by atoms with E-state index >= 15 is 0 Å². The first-order valence-corrected chi connectivity index (χ1v) is 16.8. The first-order chi connectivity index (χ1) is 19.2. The molecule has 2 aliphatic heterocycles. The van der Waals surface area contributed by atoms with Gasteiger partial charge in [0.2, 0.25) is 26.0 Å². The standard InChI is InChI=1S/C28H39N3O7S2/c1-37-27-14-13-26(40(35,36)31-19-6-3-7-20-31)22-23(27)8-15-28(32)29-16-21-38-24-9-11-25(12-10-24)39(33,34)30-17-4-2-5-18-30/h9-14,22H,2-8,15-21H2,1H3,(H,29,32). The van der Waals surface area contributed by atoms with E-state index in [-0.39, 0.29) is 35.3 Å². The molecule has 40 heavy (non-hydrogen) atoms. The second-order valence-corrected chi connectivity index (χ2v) is 13.9. The minimum atomic E-state index is -3.58. The largest absolute Gasteiger partial charge is 0.496 e. The van der Waals surface area contributed by atoms with E-state index in [1.54, 1.807) is 42.5 Å². The fourth-order valence-electron chi connectivity index (χ4n) is 5.02. The average Bonchev–Trinajstić information content (AvgIpc) is 2.99. The van der Waals surface area contributed by atoms with Crippen molar-refractivity contribution in [2.45, 2.75) is 61.2 Å². The molecule has 0 spiro atoms. The van der Waals surface area contributed by atoms with Crippen molar-refractivity contribution in [3.63, 3.8) is 0 Å². The Morgan fingerprint density at radius 3 is 1.93 bits per heavy atom. The second-order valence-electron chi connectivity index (χ2n) is 10.1. The molecule has 0 aromatic heterocycles. The number of carbonyl (C=O) groups is 1. The number of benzene rings is 2. The van der Waals surface area contributed by atoms with Crippen molar-refractivity contribution < 1.29 is 31.1 Å². The highest BCUT2D eigenvalue weighted by Gasteiger charge is 2.27. The SMILES string of the molecule is COc1ccc(S(=O)(=O)N2CCCCC2)cc1CCC(=O)NCCOc1ccc(S(=O)(=O)N2CCCCC2)cc1. The van der Waals surface area contributed by atoms with E-state index in [0.717, 1.165) is 38.5 Å². The number of piperidine rings is 2. The zero-order valence-electron chi connectivity index (χ0n) is 23.0. The van der Waals surface area contributed by atoms with Crippen LogP contribution in [0.25, 0.3) is 0 Å². The van der Waals surface area contributed by atoms with E-state index in [4.69, 9.17) is 9.47 Å². The Labute approximate surface area is 237 Å². The van der Waals surface area contributed by atoms with Gasteiger partial charge in [-0.3, -0.25) is 4.79 Å². The van der Waals surface area contributed by atoms with Gasteiger partial charge in [0.25, 0.3) is 0 Å². The highest BCUT2D eigenvalue weighted by atomic mass is 32.2. The van der Waals surface area contributed by atoms with Gasteiger partial charge in [-0.15, -0.1) is 0 Å². The molecule has 2 aliphatic rings. The molecule has 10 nitrogen and oxygen atoms in total. The lowest BCUT2D eigenvalue weighted by atomic mass is 10.1. The van der Waals surface area contributed by atoms with Crippen molar-refractivity contribution in [2.75, 3.05) is 46.4 Å².